The van der Waals surface area contributed by atoms with Gasteiger partial charge in [-0.15, -0.1) is 12.4 Å². The molecule has 1 aromatic carbocycles. The van der Waals surface area contributed by atoms with E-state index in [0.717, 1.165) is 50.1 Å². The molecular formula is C20H27ClN4O2. The number of amides is 1. The molecule has 2 saturated heterocycles. The number of piperidine rings is 1. The molecule has 2 aliphatic rings. The summed E-state index contributed by atoms with van der Waals surface area (Å²) < 4.78 is 1.56. The summed E-state index contributed by atoms with van der Waals surface area (Å²) in [6.45, 7) is 6.20. The van der Waals surface area contributed by atoms with Crippen molar-refractivity contribution in [2.75, 3.05) is 26.2 Å². The average Bonchev–Trinajstić information content (AvgIpc) is 3.10. The van der Waals surface area contributed by atoms with E-state index in [1.165, 1.54) is 6.42 Å². The van der Waals surface area contributed by atoms with Gasteiger partial charge in [0.05, 0.1) is 17.2 Å². The smallest absolute Gasteiger partial charge is 0.261 e. The van der Waals surface area contributed by atoms with Crippen LogP contribution >= 0.6 is 12.4 Å². The molecule has 1 amide bonds. The van der Waals surface area contributed by atoms with E-state index >= 15 is 0 Å². The van der Waals surface area contributed by atoms with E-state index in [1.807, 2.05) is 24.0 Å². The molecule has 1 aromatic heterocycles. The Morgan fingerprint density at radius 2 is 2.04 bits per heavy atom. The number of nitrogens with zero attached hydrogens (tertiary/aromatic N) is 3. The van der Waals surface area contributed by atoms with Gasteiger partial charge in [-0.3, -0.25) is 14.2 Å². The second-order valence-electron chi connectivity index (χ2n) is 7.77. The quantitative estimate of drug-likeness (QED) is 0.871. The van der Waals surface area contributed by atoms with E-state index in [0.29, 0.717) is 23.8 Å². The van der Waals surface area contributed by atoms with Gasteiger partial charge in [-0.25, -0.2) is 4.98 Å². The number of rotatable bonds is 3. The van der Waals surface area contributed by atoms with E-state index in [2.05, 4.69) is 10.3 Å². The second kappa shape index (κ2) is 7.98. The molecule has 7 heteroatoms. The Morgan fingerprint density at radius 1 is 1.26 bits per heavy atom. The highest BCUT2D eigenvalue weighted by Crippen LogP contribution is 2.36. The van der Waals surface area contributed by atoms with Crippen LogP contribution in [-0.2, 0) is 11.3 Å². The number of para-hydroxylation sites is 1. The molecule has 4 rings (SSSR count). The average molecular weight is 391 g/mol. The first-order valence-electron chi connectivity index (χ1n) is 9.51. The first-order valence-corrected chi connectivity index (χ1v) is 9.51. The lowest BCUT2D eigenvalue weighted by atomic mass is 9.78. The lowest BCUT2D eigenvalue weighted by Gasteiger charge is -2.39. The van der Waals surface area contributed by atoms with Crippen molar-refractivity contribution in [2.24, 2.45) is 5.41 Å². The third kappa shape index (κ3) is 3.87. The fourth-order valence-electron chi connectivity index (χ4n) is 4.32. The Labute approximate surface area is 165 Å². The molecule has 146 valence electrons. The normalized spacial score (nSPS) is 18.6. The molecule has 0 radical (unpaired) electrons. The number of halogens is 1. The second-order valence-corrected chi connectivity index (χ2v) is 7.77. The van der Waals surface area contributed by atoms with Crippen LogP contribution in [0.3, 0.4) is 0 Å². The topological polar surface area (TPSA) is 67.2 Å². The van der Waals surface area contributed by atoms with Crippen molar-refractivity contribution >= 4 is 29.2 Å². The maximum Gasteiger partial charge on any atom is 0.261 e. The van der Waals surface area contributed by atoms with Gasteiger partial charge in [0, 0.05) is 32.6 Å². The van der Waals surface area contributed by atoms with Crippen LogP contribution in [0.2, 0.25) is 0 Å². The number of carbonyl (C=O) groups is 1. The molecule has 0 aliphatic carbocycles. The van der Waals surface area contributed by atoms with Crippen molar-refractivity contribution < 1.29 is 4.79 Å². The zero-order valence-corrected chi connectivity index (χ0v) is 16.6. The van der Waals surface area contributed by atoms with Crippen LogP contribution in [0.25, 0.3) is 10.9 Å². The number of fused-ring (bicyclic) bond motifs is 1. The van der Waals surface area contributed by atoms with Gasteiger partial charge in [0.15, 0.2) is 0 Å². The van der Waals surface area contributed by atoms with Crippen molar-refractivity contribution in [3.8, 4) is 0 Å². The summed E-state index contributed by atoms with van der Waals surface area (Å²) in [4.78, 5) is 31.6. The van der Waals surface area contributed by atoms with Gasteiger partial charge in [-0.05, 0) is 49.8 Å². The summed E-state index contributed by atoms with van der Waals surface area (Å²) >= 11 is 0. The summed E-state index contributed by atoms with van der Waals surface area (Å²) in [5.74, 6) is 0.141. The molecule has 0 bridgehead atoms. The van der Waals surface area contributed by atoms with Gasteiger partial charge in [0.2, 0.25) is 5.91 Å². The van der Waals surface area contributed by atoms with Crippen LogP contribution in [0.1, 0.15) is 31.2 Å². The zero-order chi connectivity index (χ0) is 18.1. The molecule has 2 aromatic rings. The third-order valence-electron chi connectivity index (χ3n) is 6.13. The first-order chi connectivity index (χ1) is 12.6. The Bertz CT molecular complexity index is 879. The van der Waals surface area contributed by atoms with Gasteiger partial charge in [-0.2, -0.15) is 0 Å². The molecule has 0 atom stereocenters. The summed E-state index contributed by atoms with van der Waals surface area (Å²) in [5, 5.41) is 4.07. The van der Waals surface area contributed by atoms with Crippen LogP contribution in [0, 0.1) is 12.3 Å². The number of likely N-dealkylation sites (tertiary alicyclic amines) is 1. The van der Waals surface area contributed by atoms with Crippen LogP contribution in [0.4, 0.5) is 0 Å². The van der Waals surface area contributed by atoms with Gasteiger partial charge in [0.1, 0.15) is 0 Å². The highest BCUT2D eigenvalue weighted by Gasteiger charge is 2.37. The first kappa shape index (κ1) is 19.8. The molecule has 1 spiro atoms. The number of hydrogen-bond acceptors (Lipinski definition) is 4. The molecule has 0 saturated carbocycles. The molecule has 2 fully saturated rings. The molecule has 3 heterocycles. The van der Waals surface area contributed by atoms with Crippen molar-refractivity contribution in [3.05, 3.63) is 40.4 Å². The van der Waals surface area contributed by atoms with E-state index in [1.54, 1.807) is 17.0 Å². The molecule has 27 heavy (non-hydrogen) atoms. The van der Waals surface area contributed by atoms with Crippen LogP contribution in [-0.4, -0.2) is 46.5 Å². The molecular weight excluding hydrogens is 364 g/mol. The van der Waals surface area contributed by atoms with Crippen LogP contribution in [0.15, 0.2) is 29.3 Å². The van der Waals surface area contributed by atoms with E-state index in [4.69, 9.17) is 0 Å². The third-order valence-corrected chi connectivity index (χ3v) is 6.13. The number of hydrogen-bond donors (Lipinski definition) is 1. The Hall–Kier alpha value is -1.92. The predicted molar refractivity (Wildman–Crippen MR) is 108 cm³/mol. The number of nitrogens with one attached hydrogen (secondary N) is 1. The highest BCUT2D eigenvalue weighted by atomic mass is 35.5. The number of carbonyl (C=O) groups excluding carboxylic acids is 1. The minimum atomic E-state index is -0.0684. The minimum Gasteiger partial charge on any atom is -0.343 e. The van der Waals surface area contributed by atoms with Crippen molar-refractivity contribution in [1.29, 1.82) is 0 Å². The highest BCUT2D eigenvalue weighted by molar-refractivity contribution is 5.85. The predicted octanol–water partition coefficient (Wildman–Crippen LogP) is 2.12. The standard InChI is InChI=1S/C20H26N4O2.ClH/c1-15-3-2-4-16-18(15)22-14-24(19(16)26)10-5-17(25)23-11-7-20(8-12-23)6-9-21-13-20;/h2-4,14,21H,5-13H2,1H3;1H. The Kier molecular flexibility index (Phi) is 5.86. The van der Waals surface area contributed by atoms with Crippen molar-refractivity contribution in [1.82, 2.24) is 19.8 Å². The lowest BCUT2D eigenvalue weighted by Crippen LogP contribution is -2.44. The van der Waals surface area contributed by atoms with Gasteiger partial charge in [0.25, 0.3) is 5.56 Å². The fraction of sp³-hybridized carbons (Fsp3) is 0.550. The summed E-state index contributed by atoms with van der Waals surface area (Å²) in [5.41, 5.74) is 2.08. The molecule has 6 nitrogen and oxygen atoms in total. The monoisotopic (exact) mass is 390 g/mol. The minimum absolute atomic E-state index is 0. The van der Waals surface area contributed by atoms with Crippen LogP contribution in [0.5, 0.6) is 0 Å². The molecule has 0 unspecified atom stereocenters. The Balaban J connectivity index is 0.00000210. The molecule has 2 aliphatic heterocycles. The van der Waals surface area contributed by atoms with Crippen LogP contribution < -0.4 is 10.9 Å². The Morgan fingerprint density at radius 3 is 2.74 bits per heavy atom. The van der Waals surface area contributed by atoms with Crippen molar-refractivity contribution in [2.45, 2.75) is 39.2 Å². The van der Waals surface area contributed by atoms with E-state index < -0.39 is 0 Å². The SMILES string of the molecule is Cc1cccc2c(=O)n(CCC(=O)N3CCC4(CCNC4)CC3)cnc12.Cl. The maximum absolute atomic E-state index is 12.6. The largest absolute Gasteiger partial charge is 0.343 e. The number of aryl methyl sites for hydroxylation is 2. The van der Waals surface area contributed by atoms with Crippen molar-refractivity contribution in [3.63, 3.8) is 0 Å². The van der Waals surface area contributed by atoms with Gasteiger partial charge < -0.3 is 10.2 Å². The molecule has 1 N–H and O–H groups in total. The maximum atomic E-state index is 12.6. The zero-order valence-electron chi connectivity index (χ0n) is 15.7. The van der Waals surface area contributed by atoms with E-state index in [9.17, 15) is 9.59 Å². The summed E-state index contributed by atoms with van der Waals surface area (Å²) in [6.07, 6.45) is 5.32. The van der Waals surface area contributed by atoms with Gasteiger partial charge in [-0.1, -0.05) is 12.1 Å². The van der Waals surface area contributed by atoms with E-state index in [-0.39, 0.29) is 23.9 Å². The fourth-order valence-corrected chi connectivity index (χ4v) is 4.32. The summed E-state index contributed by atoms with van der Waals surface area (Å²) in [7, 11) is 0. The number of aromatic nitrogens is 2. The van der Waals surface area contributed by atoms with Gasteiger partial charge >= 0.3 is 0 Å². The summed E-state index contributed by atoms with van der Waals surface area (Å²) in [6, 6.07) is 5.62. The lowest BCUT2D eigenvalue weighted by molar-refractivity contribution is -0.133. The number of benzene rings is 1.